The van der Waals surface area contributed by atoms with E-state index in [1.807, 2.05) is 0 Å². The van der Waals surface area contributed by atoms with Gasteiger partial charge in [0.15, 0.2) is 5.96 Å². The molecule has 6 heteroatoms. The van der Waals surface area contributed by atoms with E-state index in [4.69, 9.17) is 0 Å². The van der Waals surface area contributed by atoms with Crippen molar-refractivity contribution in [3.63, 3.8) is 0 Å². The molecule has 0 spiro atoms. The summed E-state index contributed by atoms with van der Waals surface area (Å²) in [6, 6.07) is 0.507. The maximum absolute atomic E-state index is 11.9. The van der Waals surface area contributed by atoms with E-state index in [9.17, 15) is 4.79 Å². The van der Waals surface area contributed by atoms with Crippen molar-refractivity contribution in [2.75, 3.05) is 27.2 Å². The molecule has 0 radical (unpaired) electrons. The fourth-order valence-electron chi connectivity index (χ4n) is 3.15. The summed E-state index contributed by atoms with van der Waals surface area (Å²) in [5, 5.41) is 3.61. The minimum absolute atomic E-state index is 0. The number of halogens is 1. The number of rotatable bonds is 3. The fraction of sp³-hybridized carbons (Fsp3) is 0.882. The average molecular weight is 436 g/mol. The Labute approximate surface area is 158 Å². The van der Waals surface area contributed by atoms with Crippen LogP contribution in [0.3, 0.4) is 0 Å². The number of aliphatic imine (C=N–C) groups is 1. The molecular weight excluding hydrogens is 403 g/mol. The Morgan fingerprint density at radius 1 is 1.22 bits per heavy atom. The van der Waals surface area contributed by atoms with Gasteiger partial charge in [-0.05, 0) is 26.7 Å². The van der Waals surface area contributed by atoms with Crippen molar-refractivity contribution in [1.29, 1.82) is 0 Å². The lowest BCUT2D eigenvalue weighted by Crippen LogP contribution is -2.73. The minimum Gasteiger partial charge on any atom is -0.353 e. The van der Waals surface area contributed by atoms with Gasteiger partial charge in [0.05, 0.1) is 0 Å². The molecule has 0 aromatic carbocycles. The lowest BCUT2D eigenvalue weighted by molar-refractivity contribution is -0.127. The molecular formula is C17H33IN4O. The Morgan fingerprint density at radius 3 is 2.22 bits per heavy atom. The van der Waals surface area contributed by atoms with Gasteiger partial charge >= 0.3 is 0 Å². The number of carbonyl (C=O) groups is 1. The normalized spacial score (nSPS) is 23.0. The number of nitrogens with zero attached hydrogens (tertiary/aromatic N) is 3. The summed E-state index contributed by atoms with van der Waals surface area (Å²) in [6.07, 6.45) is 4.99. The Balaban J connectivity index is 0.00000264. The molecule has 0 atom stereocenters. The Kier molecular flexibility index (Phi) is 6.75. The predicted molar refractivity (Wildman–Crippen MR) is 106 cm³/mol. The molecule has 1 aliphatic carbocycles. The van der Waals surface area contributed by atoms with Gasteiger partial charge in [0.2, 0.25) is 5.91 Å². The summed E-state index contributed by atoms with van der Waals surface area (Å²) >= 11 is 0. The van der Waals surface area contributed by atoms with Crippen LogP contribution >= 0.6 is 24.0 Å². The minimum atomic E-state index is 0. The van der Waals surface area contributed by atoms with E-state index >= 15 is 0 Å². The molecule has 2 rings (SSSR count). The number of nitrogens with one attached hydrogen (secondary N) is 1. The van der Waals surface area contributed by atoms with E-state index < -0.39 is 0 Å². The van der Waals surface area contributed by atoms with Gasteiger partial charge in [0, 0.05) is 37.6 Å². The molecule has 2 aliphatic rings. The highest BCUT2D eigenvalue weighted by molar-refractivity contribution is 14.0. The van der Waals surface area contributed by atoms with Gasteiger partial charge < -0.3 is 15.1 Å². The van der Waals surface area contributed by atoms with Crippen LogP contribution in [0.1, 0.15) is 53.4 Å². The summed E-state index contributed by atoms with van der Waals surface area (Å²) in [4.78, 5) is 20.4. The first-order valence-electron chi connectivity index (χ1n) is 8.44. The molecule has 5 nitrogen and oxygen atoms in total. The van der Waals surface area contributed by atoms with Crippen LogP contribution in [0, 0.1) is 5.41 Å². The molecule has 0 unspecified atom stereocenters. The Bertz CT molecular complexity index is 454. The van der Waals surface area contributed by atoms with Crippen LogP contribution in [0.2, 0.25) is 0 Å². The third-order valence-electron chi connectivity index (χ3n) is 5.69. The standard InChI is InChI=1S/C17H32N4O.HI/c1-16(2)12-21(17(16,3)4)15(18-11-14(22)20(5)6)19-13-9-7-8-10-13;/h13H,7-12H2,1-6H3,(H,18,19);1H. The highest BCUT2D eigenvalue weighted by atomic mass is 127. The van der Waals surface area contributed by atoms with E-state index in [-0.39, 0.29) is 47.4 Å². The topological polar surface area (TPSA) is 47.9 Å². The predicted octanol–water partition coefficient (Wildman–Crippen LogP) is 2.70. The van der Waals surface area contributed by atoms with E-state index in [1.54, 1.807) is 19.0 Å². The van der Waals surface area contributed by atoms with Gasteiger partial charge in [-0.1, -0.05) is 26.7 Å². The number of likely N-dealkylation sites (N-methyl/N-ethyl adjacent to an activating group) is 1. The fourth-order valence-corrected chi connectivity index (χ4v) is 3.15. The lowest BCUT2D eigenvalue weighted by atomic mass is 9.65. The average Bonchev–Trinajstić information content (AvgIpc) is 2.93. The van der Waals surface area contributed by atoms with Crippen LogP contribution in [0.4, 0.5) is 0 Å². The monoisotopic (exact) mass is 436 g/mol. The Hall–Kier alpha value is -0.530. The van der Waals surface area contributed by atoms with Crippen molar-refractivity contribution in [1.82, 2.24) is 15.1 Å². The van der Waals surface area contributed by atoms with Crippen molar-refractivity contribution >= 4 is 35.8 Å². The van der Waals surface area contributed by atoms with Crippen LogP contribution in [0.5, 0.6) is 0 Å². The molecule has 1 aliphatic heterocycles. The van der Waals surface area contributed by atoms with E-state index in [2.05, 4.69) is 42.9 Å². The molecule has 1 saturated heterocycles. The van der Waals surface area contributed by atoms with Crippen LogP contribution in [-0.2, 0) is 4.79 Å². The van der Waals surface area contributed by atoms with E-state index in [1.165, 1.54) is 25.7 Å². The molecule has 0 bridgehead atoms. The number of hydrogen-bond donors (Lipinski definition) is 1. The van der Waals surface area contributed by atoms with Gasteiger partial charge in [-0.15, -0.1) is 24.0 Å². The molecule has 0 aromatic rings. The van der Waals surface area contributed by atoms with Crippen molar-refractivity contribution in [3.05, 3.63) is 0 Å². The summed E-state index contributed by atoms with van der Waals surface area (Å²) in [5.74, 6) is 0.953. The zero-order chi connectivity index (χ0) is 16.5. The number of likely N-dealkylation sites (tertiary alicyclic amines) is 1. The number of amides is 1. The van der Waals surface area contributed by atoms with Crippen LogP contribution in [0.15, 0.2) is 4.99 Å². The number of hydrogen-bond acceptors (Lipinski definition) is 2. The van der Waals surface area contributed by atoms with Gasteiger partial charge in [-0.25, -0.2) is 4.99 Å². The summed E-state index contributed by atoms with van der Waals surface area (Å²) in [7, 11) is 3.55. The molecule has 1 amide bonds. The first kappa shape index (κ1) is 20.5. The van der Waals surface area contributed by atoms with Crippen LogP contribution in [0.25, 0.3) is 0 Å². The van der Waals surface area contributed by atoms with Crippen molar-refractivity contribution in [2.45, 2.75) is 65.0 Å². The largest absolute Gasteiger partial charge is 0.353 e. The second-order valence-corrected chi connectivity index (χ2v) is 8.08. The van der Waals surface area contributed by atoms with Gasteiger partial charge in [-0.2, -0.15) is 0 Å². The van der Waals surface area contributed by atoms with Crippen molar-refractivity contribution in [3.8, 4) is 0 Å². The maximum atomic E-state index is 11.9. The third kappa shape index (κ3) is 4.31. The molecule has 23 heavy (non-hydrogen) atoms. The molecule has 1 saturated carbocycles. The summed E-state index contributed by atoms with van der Waals surface area (Å²) in [6.45, 7) is 10.3. The number of carbonyl (C=O) groups excluding carboxylic acids is 1. The first-order valence-corrected chi connectivity index (χ1v) is 8.44. The maximum Gasteiger partial charge on any atom is 0.243 e. The smallest absolute Gasteiger partial charge is 0.243 e. The SMILES string of the molecule is CN(C)C(=O)CN=C(NC1CCCC1)N1CC(C)(C)C1(C)C.I. The van der Waals surface area contributed by atoms with Crippen molar-refractivity contribution in [2.24, 2.45) is 10.4 Å². The molecule has 2 fully saturated rings. The second kappa shape index (κ2) is 7.57. The first-order chi connectivity index (χ1) is 10.1. The van der Waals surface area contributed by atoms with Crippen LogP contribution < -0.4 is 5.32 Å². The number of guanidine groups is 1. The quantitative estimate of drug-likeness (QED) is 0.421. The van der Waals surface area contributed by atoms with Gasteiger partial charge in [0.1, 0.15) is 6.54 Å². The summed E-state index contributed by atoms with van der Waals surface area (Å²) in [5.41, 5.74) is 0.315. The second-order valence-electron chi connectivity index (χ2n) is 8.08. The molecule has 134 valence electrons. The highest BCUT2D eigenvalue weighted by Gasteiger charge is 2.54. The van der Waals surface area contributed by atoms with Crippen molar-refractivity contribution < 1.29 is 4.79 Å². The Morgan fingerprint density at radius 2 is 1.78 bits per heavy atom. The molecule has 0 aromatic heterocycles. The van der Waals surface area contributed by atoms with E-state index in [0.717, 1.165) is 12.5 Å². The van der Waals surface area contributed by atoms with Crippen LogP contribution in [-0.4, -0.2) is 60.4 Å². The molecule has 1 N–H and O–H groups in total. The van der Waals surface area contributed by atoms with Gasteiger partial charge in [0.25, 0.3) is 0 Å². The zero-order valence-corrected chi connectivity index (χ0v) is 17.8. The van der Waals surface area contributed by atoms with E-state index in [0.29, 0.717) is 6.04 Å². The highest BCUT2D eigenvalue weighted by Crippen LogP contribution is 2.46. The summed E-state index contributed by atoms with van der Waals surface area (Å²) < 4.78 is 0. The van der Waals surface area contributed by atoms with Gasteiger partial charge in [-0.3, -0.25) is 4.79 Å². The third-order valence-corrected chi connectivity index (χ3v) is 5.69. The molecule has 1 heterocycles. The lowest BCUT2D eigenvalue weighted by Gasteiger charge is -2.62. The zero-order valence-electron chi connectivity index (χ0n) is 15.5.